The Bertz CT molecular complexity index is 527. The van der Waals surface area contributed by atoms with Gasteiger partial charge in [-0.2, -0.15) is 0 Å². The van der Waals surface area contributed by atoms with Crippen LogP contribution in [0, 0.1) is 11.8 Å². The average molecular weight is 336 g/mol. The number of aliphatic carboxylic acids is 1. The lowest BCUT2D eigenvalue weighted by Gasteiger charge is -2.35. The van der Waals surface area contributed by atoms with Crippen molar-refractivity contribution in [2.75, 3.05) is 31.6 Å². The molecule has 1 aliphatic rings. The standard InChI is InChI=1S/C17H28N4O3/c1-12(2)16(24)14-4-6-21(7-5-14)10-13-8-18-17(19-9-13)20(3)11-15(22)23/h8-9,12,14,16,24H,4-7,10-11H2,1-3H3,(H,22,23). The van der Waals surface area contributed by atoms with Gasteiger partial charge in [-0.15, -0.1) is 0 Å². The first kappa shape index (κ1) is 18.6. The van der Waals surface area contributed by atoms with E-state index in [-0.39, 0.29) is 12.6 Å². The number of hydrogen-bond acceptors (Lipinski definition) is 6. The molecule has 24 heavy (non-hydrogen) atoms. The second-order valence-electron chi connectivity index (χ2n) is 6.99. The summed E-state index contributed by atoms with van der Waals surface area (Å²) in [6, 6.07) is 0. The van der Waals surface area contributed by atoms with Crippen molar-refractivity contribution in [3.05, 3.63) is 18.0 Å². The fourth-order valence-corrected chi connectivity index (χ4v) is 3.16. The largest absolute Gasteiger partial charge is 0.480 e. The number of rotatable bonds is 7. The lowest BCUT2D eigenvalue weighted by Crippen LogP contribution is -2.39. The Balaban J connectivity index is 1.84. The van der Waals surface area contributed by atoms with Crippen LogP contribution in [-0.2, 0) is 11.3 Å². The van der Waals surface area contributed by atoms with Gasteiger partial charge < -0.3 is 15.1 Å². The molecule has 7 heteroatoms. The Labute approximate surface area is 143 Å². The zero-order valence-electron chi connectivity index (χ0n) is 14.7. The van der Waals surface area contributed by atoms with Crippen molar-refractivity contribution in [2.45, 2.75) is 39.3 Å². The summed E-state index contributed by atoms with van der Waals surface area (Å²) in [5.74, 6) is 0.214. The molecule has 1 aliphatic heterocycles. The molecule has 0 radical (unpaired) electrons. The molecule has 1 unspecified atom stereocenters. The Morgan fingerprint density at radius 2 is 1.92 bits per heavy atom. The van der Waals surface area contributed by atoms with Gasteiger partial charge in [0.2, 0.25) is 5.95 Å². The van der Waals surface area contributed by atoms with Crippen molar-refractivity contribution >= 4 is 11.9 Å². The summed E-state index contributed by atoms with van der Waals surface area (Å²) >= 11 is 0. The zero-order chi connectivity index (χ0) is 17.7. The predicted octanol–water partition coefficient (Wildman–Crippen LogP) is 1.23. The first-order valence-corrected chi connectivity index (χ1v) is 8.51. The van der Waals surface area contributed by atoms with Crippen molar-refractivity contribution in [3.63, 3.8) is 0 Å². The number of anilines is 1. The summed E-state index contributed by atoms with van der Waals surface area (Å²) in [6.07, 6.45) is 5.34. The van der Waals surface area contributed by atoms with Gasteiger partial charge in [-0.05, 0) is 37.8 Å². The van der Waals surface area contributed by atoms with Gasteiger partial charge in [0.15, 0.2) is 0 Å². The topological polar surface area (TPSA) is 89.8 Å². The van der Waals surface area contributed by atoms with E-state index < -0.39 is 5.97 Å². The molecule has 2 N–H and O–H groups in total. The van der Waals surface area contributed by atoms with Gasteiger partial charge in [0.1, 0.15) is 6.54 Å². The number of likely N-dealkylation sites (N-methyl/N-ethyl adjacent to an activating group) is 1. The molecule has 0 saturated carbocycles. The maximum Gasteiger partial charge on any atom is 0.323 e. The summed E-state index contributed by atoms with van der Waals surface area (Å²) in [5, 5.41) is 19.0. The summed E-state index contributed by atoms with van der Waals surface area (Å²) in [6.45, 7) is 6.73. The molecule has 134 valence electrons. The van der Waals surface area contributed by atoms with Crippen molar-refractivity contribution in [1.82, 2.24) is 14.9 Å². The highest BCUT2D eigenvalue weighted by atomic mass is 16.4. The second-order valence-corrected chi connectivity index (χ2v) is 6.99. The fourth-order valence-electron chi connectivity index (χ4n) is 3.16. The Morgan fingerprint density at radius 3 is 2.42 bits per heavy atom. The highest BCUT2D eigenvalue weighted by molar-refractivity contribution is 5.72. The van der Waals surface area contributed by atoms with Gasteiger partial charge in [-0.1, -0.05) is 13.8 Å². The zero-order valence-corrected chi connectivity index (χ0v) is 14.7. The van der Waals surface area contributed by atoms with Gasteiger partial charge in [-0.25, -0.2) is 9.97 Å². The average Bonchev–Trinajstić information content (AvgIpc) is 2.55. The smallest absolute Gasteiger partial charge is 0.323 e. The van der Waals surface area contributed by atoms with E-state index in [1.807, 2.05) is 0 Å². The Hall–Kier alpha value is -1.73. The number of likely N-dealkylation sites (tertiary alicyclic amines) is 1. The Kier molecular flexibility index (Phi) is 6.51. The van der Waals surface area contributed by atoms with Gasteiger partial charge in [0, 0.05) is 31.5 Å². The number of nitrogens with zero attached hydrogens (tertiary/aromatic N) is 4. The molecule has 0 spiro atoms. The molecule has 2 rings (SSSR count). The third-order valence-electron chi connectivity index (χ3n) is 4.61. The lowest BCUT2D eigenvalue weighted by molar-refractivity contribution is -0.135. The number of aliphatic hydroxyl groups is 1. The number of carboxylic acids is 1. The summed E-state index contributed by atoms with van der Waals surface area (Å²) in [4.78, 5) is 23.1. The van der Waals surface area contributed by atoms with Gasteiger partial charge in [0.25, 0.3) is 0 Å². The minimum Gasteiger partial charge on any atom is -0.480 e. The molecule has 2 heterocycles. The SMILES string of the molecule is CC(C)C(O)C1CCN(Cc2cnc(N(C)CC(=O)O)nc2)CC1. The van der Waals surface area contributed by atoms with Crippen molar-refractivity contribution in [2.24, 2.45) is 11.8 Å². The Morgan fingerprint density at radius 1 is 1.33 bits per heavy atom. The number of carboxylic acid groups (broad SMARTS) is 1. The van der Waals surface area contributed by atoms with E-state index in [1.54, 1.807) is 19.4 Å². The molecule has 0 aliphatic carbocycles. The van der Waals surface area contributed by atoms with E-state index in [0.717, 1.165) is 38.0 Å². The molecule has 1 aromatic rings. The number of hydrogen-bond donors (Lipinski definition) is 2. The first-order valence-electron chi connectivity index (χ1n) is 8.51. The van der Waals surface area contributed by atoms with E-state index in [9.17, 15) is 9.90 Å². The van der Waals surface area contributed by atoms with E-state index in [2.05, 4.69) is 28.7 Å². The minimum atomic E-state index is -0.906. The highest BCUT2D eigenvalue weighted by Crippen LogP contribution is 2.25. The van der Waals surface area contributed by atoms with Crippen LogP contribution in [0.2, 0.25) is 0 Å². The molecule has 7 nitrogen and oxygen atoms in total. The first-order chi connectivity index (χ1) is 11.4. The van der Waals surface area contributed by atoms with Crippen LogP contribution in [0.4, 0.5) is 5.95 Å². The van der Waals surface area contributed by atoms with Crippen LogP contribution in [-0.4, -0.2) is 63.8 Å². The fraction of sp³-hybridized carbons (Fsp3) is 0.706. The van der Waals surface area contributed by atoms with Crippen molar-refractivity contribution in [3.8, 4) is 0 Å². The minimum absolute atomic E-state index is 0.120. The monoisotopic (exact) mass is 336 g/mol. The molecule has 0 aromatic carbocycles. The molecule has 1 saturated heterocycles. The molecule has 1 atom stereocenters. The summed E-state index contributed by atoms with van der Waals surface area (Å²) in [7, 11) is 1.66. The second kappa shape index (κ2) is 8.39. The van der Waals surface area contributed by atoms with Crippen LogP contribution in [0.1, 0.15) is 32.3 Å². The quantitative estimate of drug-likeness (QED) is 0.774. The summed E-state index contributed by atoms with van der Waals surface area (Å²) < 4.78 is 0. The van der Waals surface area contributed by atoms with Gasteiger partial charge >= 0.3 is 5.97 Å². The van der Waals surface area contributed by atoms with Crippen LogP contribution >= 0.6 is 0 Å². The molecule has 1 aromatic heterocycles. The molecular formula is C17H28N4O3. The van der Waals surface area contributed by atoms with E-state index >= 15 is 0 Å². The van der Waals surface area contributed by atoms with Crippen LogP contribution in [0.15, 0.2) is 12.4 Å². The van der Waals surface area contributed by atoms with Crippen LogP contribution in [0.25, 0.3) is 0 Å². The molecule has 1 fully saturated rings. The molecular weight excluding hydrogens is 308 g/mol. The number of aliphatic hydroxyl groups excluding tert-OH is 1. The molecule has 0 bridgehead atoms. The number of aromatic nitrogens is 2. The maximum absolute atomic E-state index is 10.7. The lowest BCUT2D eigenvalue weighted by atomic mass is 9.85. The van der Waals surface area contributed by atoms with Gasteiger partial charge in [-0.3, -0.25) is 9.69 Å². The third kappa shape index (κ3) is 5.14. The third-order valence-corrected chi connectivity index (χ3v) is 4.61. The van der Waals surface area contributed by atoms with Crippen LogP contribution in [0.5, 0.6) is 0 Å². The van der Waals surface area contributed by atoms with E-state index in [1.165, 1.54) is 4.90 Å². The number of carbonyl (C=O) groups is 1. The van der Waals surface area contributed by atoms with Gasteiger partial charge in [0.05, 0.1) is 6.10 Å². The van der Waals surface area contributed by atoms with E-state index in [4.69, 9.17) is 5.11 Å². The van der Waals surface area contributed by atoms with Crippen LogP contribution in [0.3, 0.4) is 0 Å². The van der Waals surface area contributed by atoms with Crippen molar-refractivity contribution in [1.29, 1.82) is 0 Å². The number of piperidine rings is 1. The molecule has 0 amide bonds. The van der Waals surface area contributed by atoms with Crippen molar-refractivity contribution < 1.29 is 15.0 Å². The normalized spacial score (nSPS) is 17.9. The highest BCUT2D eigenvalue weighted by Gasteiger charge is 2.27. The van der Waals surface area contributed by atoms with E-state index in [0.29, 0.717) is 17.8 Å². The van der Waals surface area contributed by atoms with Crippen LogP contribution < -0.4 is 4.90 Å². The predicted molar refractivity (Wildman–Crippen MR) is 91.8 cm³/mol. The summed E-state index contributed by atoms with van der Waals surface area (Å²) in [5.41, 5.74) is 1.02. The maximum atomic E-state index is 10.7.